The first-order chi connectivity index (χ1) is 16.3. The Bertz CT molecular complexity index is 1200. The second-order valence-corrected chi connectivity index (χ2v) is 12.2. The van der Waals surface area contributed by atoms with Crippen LogP contribution in [0, 0.1) is 40.9 Å². The molecule has 6 rings (SSSR count). The largest absolute Gasteiger partial charge is 0.481 e. The number of allylic oxidation sites excluding steroid dienone is 2. The molecular formula is C28H33N3O2S. The van der Waals surface area contributed by atoms with Gasteiger partial charge in [-0.2, -0.15) is 0 Å². The van der Waals surface area contributed by atoms with Gasteiger partial charge in [0.2, 0.25) is 5.88 Å². The van der Waals surface area contributed by atoms with Crippen LogP contribution in [0.2, 0.25) is 0 Å². The van der Waals surface area contributed by atoms with E-state index >= 15 is 0 Å². The number of nitrogens with one attached hydrogen (secondary N) is 1. The Balaban J connectivity index is 1.30. The second-order valence-electron chi connectivity index (χ2n) is 11.2. The predicted molar refractivity (Wildman–Crippen MR) is 136 cm³/mol. The van der Waals surface area contributed by atoms with E-state index in [0.29, 0.717) is 23.6 Å². The van der Waals surface area contributed by atoms with Crippen LogP contribution >= 0.6 is 11.3 Å². The molecule has 2 aromatic heterocycles. The van der Waals surface area contributed by atoms with E-state index < -0.39 is 5.60 Å². The number of thiazole rings is 1. The number of terminal acetylenes is 1. The summed E-state index contributed by atoms with van der Waals surface area (Å²) in [6, 6.07) is 3.83. The van der Waals surface area contributed by atoms with Crippen molar-refractivity contribution in [2.45, 2.75) is 64.4 Å². The van der Waals surface area contributed by atoms with Crippen molar-refractivity contribution in [3.05, 3.63) is 35.0 Å². The molecule has 0 amide bonds. The molecular weight excluding hydrogens is 442 g/mol. The van der Waals surface area contributed by atoms with E-state index in [9.17, 15) is 5.11 Å². The zero-order chi connectivity index (χ0) is 23.7. The van der Waals surface area contributed by atoms with Gasteiger partial charge in [0.15, 0.2) is 5.13 Å². The van der Waals surface area contributed by atoms with Crippen molar-refractivity contribution in [3.8, 4) is 18.2 Å². The van der Waals surface area contributed by atoms with Gasteiger partial charge in [-0.05, 0) is 79.8 Å². The molecule has 2 saturated carbocycles. The predicted octanol–water partition coefficient (Wildman–Crippen LogP) is 5.84. The third-order valence-corrected chi connectivity index (χ3v) is 10.9. The Hall–Kier alpha value is -2.36. The van der Waals surface area contributed by atoms with Gasteiger partial charge in [-0.15, -0.1) is 6.42 Å². The molecule has 0 bridgehead atoms. The van der Waals surface area contributed by atoms with E-state index in [1.165, 1.54) is 16.1 Å². The first-order valence-electron chi connectivity index (χ1n) is 12.5. The van der Waals surface area contributed by atoms with Crippen molar-refractivity contribution in [2.75, 3.05) is 12.4 Å². The fourth-order valence-electron chi connectivity index (χ4n) is 7.88. The molecule has 6 heteroatoms. The maximum absolute atomic E-state index is 11.2. The maximum Gasteiger partial charge on any atom is 0.213 e. The number of methoxy groups -OCH3 is 1. The summed E-state index contributed by atoms with van der Waals surface area (Å²) in [5.74, 6) is 5.15. The first-order valence-corrected chi connectivity index (χ1v) is 13.3. The number of rotatable bonds is 3. The van der Waals surface area contributed by atoms with Crippen molar-refractivity contribution in [2.24, 2.45) is 28.6 Å². The number of aliphatic hydroxyl groups is 1. The van der Waals surface area contributed by atoms with Gasteiger partial charge < -0.3 is 15.2 Å². The lowest BCUT2D eigenvalue weighted by Gasteiger charge is -2.57. The molecule has 0 aromatic carbocycles. The van der Waals surface area contributed by atoms with E-state index in [1.807, 2.05) is 12.1 Å². The minimum Gasteiger partial charge on any atom is -0.481 e. The van der Waals surface area contributed by atoms with Crippen LogP contribution < -0.4 is 10.1 Å². The van der Waals surface area contributed by atoms with Gasteiger partial charge in [0.25, 0.3) is 0 Å². The van der Waals surface area contributed by atoms with Crippen molar-refractivity contribution in [1.29, 1.82) is 0 Å². The number of nitrogens with zero attached hydrogens (tertiary/aromatic N) is 2. The summed E-state index contributed by atoms with van der Waals surface area (Å²) in [6.45, 7) is 4.75. The van der Waals surface area contributed by atoms with Crippen molar-refractivity contribution >= 4 is 27.7 Å². The zero-order valence-electron chi connectivity index (χ0n) is 20.2. The molecule has 5 nitrogen and oxygen atoms in total. The Morgan fingerprint density at radius 3 is 2.76 bits per heavy atom. The minimum absolute atomic E-state index is 0.154. The molecule has 2 aromatic rings. The van der Waals surface area contributed by atoms with E-state index in [4.69, 9.17) is 16.1 Å². The van der Waals surface area contributed by atoms with Crippen molar-refractivity contribution in [3.63, 3.8) is 0 Å². The molecule has 4 aliphatic carbocycles. The molecule has 0 spiro atoms. The summed E-state index contributed by atoms with van der Waals surface area (Å²) in [5, 5.41) is 15.6. The van der Waals surface area contributed by atoms with Gasteiger partial charge in [0.1, 0.15) is 5.60 Å². The van der Waals surface area contributed by atoms with E-state index in [1.54, 1.807) is 24.6 Å². The molecule has 178 valence electrons. The normalized spacial score (nSPS) is 38.0. The molecule has 2 fully saturated rings. The molecule has 2 N–H and O–H groups in total. The van der Waals surface area contributed by atoms with Crippen molar-refractivity contribution < 1.29 is 9.84 Å². The lowest BCUT2D eigenvalue weighted by Crippen LogP contribution is -2.53. The average Bonchev–Trinajstić information content (AvgIpc) is 3.37. The van der Waals surface area contributed by atoms with Crippen LogP contribution in [0.15, 0.2) is 24.4 Å². The maximum atomic E-state index is 11.2. The Morgan fingerprint density at radius 2 is 2.03 bits per heavy atom. The SMILES string of the molecule is C#C[C@]1(O)CC[C@H]2[C@@H]3CC=C4c5sc(Nc6ccc(OC)nc6)nc5CC[C@]4(C)[C@H]3CC[C@@]21C. The smallest absolute Gasteiger partial charge is 0.213 e. The van der Waals surface area contributed by atoms with Crippen LogP contribution in [-0.4, -0.2) is 27.8 Å². The molecule has 2 heterocycles. The number of aromatic nitrogens is 2. The highest BCUT2D eigenvalue weighted by Crippen LogP contribution is 2.68. The fourth-order valence-corrected chi connectivity index (χ4v) is 9.09. The molecule has 0 aliphatic heterocycles. The van der Waals surface area contributed by atoms with Crippen LogP contribution in [0.25, 0.3) is 5.57 Å². The number of ether oxygens (including phenoxy) is 1. The molecule has 6 atom stereocenters. The van der Waals surface area contributed by atoms with E-state index in [0.717, 1.165) is 55.8 Å². The number of aryl methyl sites for hydroxylation is 1. The molecule has 0 saturated heterocycles. The monoisotopic (exact) mass is 475 g/mol. The van der Waals surface area contributed by atoms with Gasteiger partial charge in [-0.25, -0.2) is 9.97 Å². The minimum atomic E-state index is -0.943. The number of pyridine rings is 1. The molecule has 34 heavy (non-hydrogen) atoms. The van der Waals surface area contributed by atoms with Gasteiger partial charge >= 0.3 is 0 Å². The summed E-state index contributed by atoms with van der Waals surface area (Å²) in [5.41, 5.74) is 2.71. The summed E-state index contributed by atoms with van der Waals surface area (Å²) < 4.78 is 5.17. The second kappa shape index (κ2) is 7.57. The Kier molecular flexibility index (Phi) is 4.92. The summed E-state index contributed by atoms with van der Waals surface area (Å²) in [4.78, 5) is 10.6. The third kappa shape index (κ3) is 2.96. The quantitative estimate of drug-likeness (QED) is 0.546. The highest BCUT2D eigenvalue weighted by Gasteiger charge is 2.63. The number of hydrogen-bond donors (Lipinski definition) is 2. The van der Waals surface area contributed by atoms with Gasteiger partial charge in [-0.3, -0.25) is 0 Å². The van der Waals surface area contributed by atoms with E-state index in [-0.39, 0.29) is 10.8 Å². The molecule has 0 radical (unpaired) electrons. The summed E-state index contributed by atoms with van der Waals surface area (Å²) in [7, 11) is 1.62. The van der Waals surface area contributed by atoms with Crippen LogP contribution in [0.5, 0.6) is 5.88 Å². The van der Waals surface area contributed by atoms with Crippen LogP contribution in [0.4, 0.5) is 10.8 Å². The summed E-state index contributed by atoms with van der Waals surface area (Å²) in [6.07, 6.45) is 17.3. The summed E-state index contributed by atoms with van der Waals surface area (Å²) >= 11 is 1.77. The topological polar surface area (TPSA) is 67.3 Å². The highest BCUT2D eigenvalue weighted by molar-refractivity contribution is 7.16. The van der Waals surface area contributed by atoms with Gasteiger partial charge in [0.05, 0.1) is 29.6 Å². The van der Waals surface area contributed by atoms with E-state index in [2.05, 4.69) is 36.1 Å². The fraction of sp³-hybridized carbons (Fsp3) is 0.571. The Morgan fingerprint density at radius 1 is 1.21 bits per heavy atom. The zero-order valence-corrected chi connectivity index (χ0v) is 21.0. The number of hydrogen-bond acceptors (Lipinski definition) is 6. The standard InChI is InChI=1S/C28H33N3O2S/c1-5-28(32)15-11-20-18-7-8-21-24-22(12-13-26(21,2)19(18)10-14-27(20,28)3)31-25(34-24)30-17-6-9-23(33-4)29-16-17/h1,6,8-9,16,18-20,32H,7,10-15H2,2-4H3,(H,30,31)/t18-,19+,20+,26-,27+,28+/m1/s1. The van der Waals surface area contributed by atoms with Crippen molar-refractivity contribution in [1.82, 2.24) is 9.97 Å². The van der Waals surface area contributed by atoms with Crippen LogP contribution in [0.3, 0.4) is 0 Å². The van der Waals surface area contributed by atoms with Gasteiger partial charge in [-0.1, -0.05) is 37.2 Å². The highest BCUT2D eigenvalue weighted by atomic mass is 32.1. The third-order valence-electron chi connectivity index (χ3n) is 9.88. The van der Waals surface area contributed by atoms with Crippen LogP contribution in [-0.2, 0) is 6.42 Å². The first kappa shape index (κ1) is 22.1. The van der Waals surface area contributed by atoms with Crippen LogP contribution in [0.1, 0.15) is 62.9 Å². The number of fused-ring (bicyclic) bond motifs is 7. The average molecular weight is 476 g/mol. The Labute approximate surface area is 206 Å². The molecule has 0 unspecified atom stereocenters. The van der Waals surface area contributed by atoms with Gasteiger partial charge in [0, 0.05) is 11.5 Å². The lowest BCUT2D eigenvalue weighted by atomic mass is 9.47. The number of anilines is 2. The lowest BCUT2D eigenvalue weighted by molar-refractivity contribution is -0.0886. The molecule has 4 aliphatic rings.